The largest absolute Gasteiger partial charge is 0.286 e. The number of para-hydroxylation sites is 1. The van der Waals surface area contributed by atoms with E-state index < -0.39 is 0 Å². The quantitative estimate of drug-likeness (QED) is 0.218. The molecule has 0 fully saturated rings. The molecular weight excluding hydrogens is 520 g/mol. The van der Waals surface area contributed by atoms with Gasteiger partial charge in [-0.2, -0.15) is 0 Å². The minimum Gasteiger partial charge on any atom is -0.286 e. The fraction of sp³-hybridized carbons (Fsp3) is 0.0833. The number of aromatic nitrogens is 3. The number of benzene rings is 4. The van der Waals surface area contributed by atoms with Gasteiger partial charge in [-0.3, -0.25) is 4.90 Å². The van der Waals surface area contributed by atoms with Gasteiger partial charge in [-0.15, -0.1) is 11.3 Å². The van der Waals surface area contributed by atoms with Gasteiger partial charge in [-0.25, -0.2) is 15.0 Å². The summed E-state index contributed by atoms with van der Waals surface area (Å²) in [5.74, 6) is 1.58. The Bertz CT molecular complexity index is 2250. The highest BCUT2D eigenvalue weighted by Gasteiger charge is 2.46. The molecule has 0 bridgehead atoms. The molecule has 0 N–H and O–H groups in total. The van der Waals surface area contributed by atoms with Crippen LogP contribution in [0, 0.1) is 0 Å². The second-order valence-corrected chi connectivity index (χ2v) is 12.1. The van der Waals surface area contributed by atoms with Gasteiger partial charge >= 0.3 is 0 Å². The molecule has 4 aromatic carbocycles. The first-order valence-electron chi connectivity index (χ1n) is 13.9. The maximum Gasteiger partial charge on any atom is 0.232 e. The second-order valence-electron chi connectivity index (χ2n) is 11.0. The number of pyridine rings is 1. The molecule has 0 saturated heterocycles. The standard InChI is InChI=1S/C36H24N4S/c1-36-19-10-9-17-30(36)40(35-38-27-15-7-5-13-23(27)33(39-35)22-11-3-2-4-12-22)34-32-25(18-20-37-34)31-24-14-6-8-16-28(24)41-29(31)21-26(32)36/h2-21,30H,1H3. The number of thiophene rings is 1. The third-order valence-electron chi connectivity index (χ3n) is 8.77. The van der Waals surface area contributed by atoms with Crippen molar-refractivity contribution in [2.75, 3.05) is 4.90 Å². The van der Waals surface area contributed by atoms with Crippen LogP contribution in [0.4, 0.5) is 11.8 Å². The van der Waals surface area contributed by atoms with Crippen LogP contribution in [0.1, 0.15) is 12.5 Å². The number of anilines is 2. The predicted octanol–water partition coefficient (Wildman–Crippen LogP) is 9.12. The molecular formula is C36H24N4S. The van der Waals surface area contributed by atoms with E-state index in [0.717, 1.165) is 28.0 Å². The minimum atomic E-state index is -0.296. The van der Waals surface area contributed by atoms with Crippen LogP contribution < -0.4 is 4.90 Å². The first-order chi connectivity index (χ1) is 20.2. The van der Waals surface area contributed by atoms with Crippen LogP contribution in [0.2, 0.25) is 0 Å². The molecule has 0 amide bonds. The Morgan fingerprint density at radius 3 is 2.46 bits per heavy atom. The molecule has 41 heavy (non-hydrogen) atoms. The summed E-state index contributed by atoms with van der Waals surface area (Å²) in [5, 5.41) is 6.05. The monoisotopic (exact) mass is 544 g/mol. The van der Waals surface area contributed by atoms with Gasteiger partial charge in [0, 0.05) is 48.1 Å². The lowest BCUT2D eigenvalue weighted by atomic mass is 9.69. The number of hydrogen-bond donors (Lipinski definition) is 0. The van der Waals surface area contributed by atoms with Crippen molar-refractivity contribution in [1.82, 2.24) is 15.0 Å². The van der Waals surface area contributed by atoms with Crippen molar-refractivity contribution in [3.63, 3.8) is 0 Å². The first kappa shape index (κ1) is 22.9. The Morgan fingerprint density at radius 1 is 0.756 bits per heavy atom. The van der Waals surface area contributed by atoms with E-state index in [9.17, 15) is 0 Å². The van der Waals surface area contributed by atoms with Crippen molar-refractivity contribution in [1.29, 1.82) is 0 Å². The van der Waals surface area contributed by atoms with Crippen molar-refractivity contribution in [3.8, 4) is 11.3 Å². The Kier molecular flexibility index (Phi) is 4.65. The van der Waals surface area contributed by atoms with Crippen LogP contribution in [-0.4, -0.2) is 21.0 Å². The molecule has 2 aliphatic rings. The Morgan fingerprint density at radius 2 is 1.56 bits per heavy atom. The SMILES string of the molecule is CC12C=CC=CC1N(c1nc(-c3ccccc3)c3ccccc3n1)c1nccc3c1c2cc1sc2ccccc2c13. The molecule has 2 atom stereocenters. The number of rotatable bonds is 2. The Balaban J connectivity index is 1.40. The predicted molar refractivity (Wildman–Crippen MR) is 171 cm³/mol. The van der Waals surface area contributed by atoms with Crippen LogP contribution >= 0.6 is 11.3 Å². The van der Waals surface area contributed by atoms with Gasteiger partial charge in [0.1, 0.15) is 5.82 Å². The summed E-state index contributed by atoms with van der Waals surface area (Å²) >= 11 is 1.87. The fourth-order valence-electron chi connectivity index (χ4n) is 6.84. The zero-order valence-electron chi connectivity index (χ0n) is 22.3. The normalized spacial score (nSPS) is 19.4. The first-order valence-corrected chi connectivity index (χ1v) is 14.7. The fourth-order valence-corrected chi connectivity index (χ4v) is 8.01. The smallest absolute Gasteiger partial charge is 0.232 e. The molecule has 0 spiro atoms. The second kappa shape index (κ2) is 8.32. The zero-order valence-corrected chi connectivity index (χ0v) is 23.1. The summed E-state index contributed by atoms with van der Waals surface area (Å²) in [6.45, 7) is 2.34. The molecule has 7 aromatic rings. The molecule has 3 aromatic heterocycles. The highest BCUT2D eigenvalue weighted by atomic mass is 32.1. The summed E-state index contributed by atoms with van der Waals surface area (Å²) in [6.07, 6.45) is 10.9. The third kappa shape index (κ3) is 3.12. The summed E-state index contributed by atoms with van der Waals surface area (Å²) in [6, 6.07) is 32.0. The zero-order chi connectivity index (χ0) is 27.1. The van der Waals surface area contributed by atoms with E-state index in [1.54, 1.807) is 0 Å². The van der Waals surface area contributed by atoms with Crippen LogP contribution in [0.25, 0.3) is 53.1 Å². The van der Waals surface area contributed by atoms with Gasteiger partial charge in [-0.1, -0.05) is 91.0 Å². The van der Waals surface area contributed by atoms with E-state index in [-0.39, 0.29) is 11.5 Å². The Labute approximate surface area is 240 Å². The average molecular weight is 545 g/mol. The third-order valence-corrected chi connectivity index (χ3v) is 9.89. The van der Waals surface area contributed by atoms with Crippen molar-refractivity contribution in [2.45, 2.75) is 18.4 Å². The van der Waals surface area contributed by atoms with Crippen LogP contribution in [0.5, 0.6) is 0 Å². The van der Waals surface area contributed by atoms with Gasteiger partial charge in [0.05, 0.1) is 17.3 Å². The molecule has 194 valence electrons. The van der Waals surface area contributed by atoms with Crippen LogP contribution in [-0.2, 0) is 5.41 Å². The maximum absolute atomic E-state index is 5.30. The van der Waals surface area contributed by atoms with Gasteiger partial charge in [0.2, 0.25) is 5.95 Å². The van der Waals surface area contributed by atoms with E-state index in [1.807, 2.05) is 29.7 Å². The van der Waals surface area contributed by atoms with Gasteiger partial charge in [-0.05, 0) is 42.1 Å². The highest BCUT2D eigenvalue weighted by molar-refractivity contribution is 7.26. The van der Waals surface area contributed by atoms with E-state index in [0.29, 0.717) is 5.95 Å². The number of hydrogen-bond acceptors (Lipinski definition) is 5. The van der Waals surface area contributed by atoms with Gasteiger partial charge < -0.3 is 0 Å². The van der Waals surface area contributed by atoms with E-state index in [4.69, 9.17) is 15.0 Å². The summed E-state index contributed by atoms with van der Waals surface area (Å²) < 4.78 is 2.62. The van der Waals surface area contributed by atoms with E-state index in [2.05, 4.69) is 115 Å². The van der Waals surface area contributed by atoms with E-state index >= 15 is 0 Å². The van der Waals surface area contributed by atoms with Crippen molar-refractivity contribution in [2.24, 2.45) is 0 Å². The molecule has 2 unspecified atom stereocenters. The van der Waals surface area contributed by atoms with E-state index in [1.165, 1.54) is 36.5 Å². The lowest BCUT2D eigenvalue weighted by Gasteiger charge is -2.46. The van der Waals surface area contributed by atoms with Crippen molar-refractivity contribution >= 4 is 65.0 Å². The summed E-state index contributed by atoms with van der Waals surface area (Å²) in [7, 11) is 0. The number of fused-ring (bicyclic) bond motifs is 7. The summed E-state index contributed by atoms with van der Waals surface area (Å²) in [4.78, 5) is 17.8. The molecule has 0 radical (unpaired) electrons. The maximum atomic E-state index is 5.30. The van der Waals surface area contributed by atoms with Crippen molar-refractivity contribution < 1.29 is 0 Å². The lowest BCUT2D eigenvalue weighted by molar-refractivity contribution is 0.500. The molecule has 1 aliphatic heterocycles. The van der Waals surface area contributed by atoms with Crippen molar-refractivity contribution in [3.05, 3.63) is 127 Å². The molecule has 5 heteroatoms. The highest BCUT2D eigenvalue weighted by Crippen LogP contribution is 2.53. The Hall–Kier alpha value is -4.87. The molecule has 1 aliphatic carbocycles. The van der Waals surface area contributed by atoms with Gasteiger partial charge in [0.15, 0.2) is 0 Å². The topological polar surface area (TPSA) is 41.9 Å². The lowest BCUT2D eigenvalue weighted by Crippen LogP contribution is -2.49. The van der Waals surface area contributed by atoms with Gasteiger partial charge in [0.25, 0.3) is 0 Å². The average Bonchev–Trinajstić information content (AvgIpc) is 3.40. The number of nitrogens with zero attached hydrogens (tertiary/aromatic N) is 4. The minimum absolute atomic E-state index is 0.0327. The van der Waals surface area contributed by atoms with Crippen LogP contribution in [0.15, 0.2) is 121 Å². The number of allylic oxidation sites excluding steroid dienone is 2. The molecule has 4 nitrogen and oxygen atoms in total. The molecule has 4 heterocycles. The summed E-state index contributed by atoms with van der Waals surface area (Å²) in [5.41, 5.74) is 3.94. The van der Waals surface area contributed by atoms with Crippen LogP contribution in [0.3, 0.4) is 0 Å². The molecule has 0 saturated carbocycles. The molecule has 9 rings (SSSR count).